The summed E-state index contributed by atoms with van der Waals surface area (Å²) in [6.07, 6.45) is 0.553. The van der Waals surface area contributed by atoms with Gasteiger partial charge in [-0.2, -0.15) is 4.31 Å². The van der Waals surface area contributed by atoms with Crippen molar-refractivity contribution in [3.63, 3.8) is 0 Å². The molecule has 1 aromatic rings. The summed E-state index contributed by atoms with van der Waals surface area (Å²) in [6, 6.07) is 2.03. The molecular formula is C10H13ClF2N2O2S. The first kappa shape index (κ1) is 15.3. The van der Waals surface area contributed by atoms with Gasteiger partial charge in [-0.25, -0.2) is 17.2 Å². The van der Waals surface area contributed by atoms with Gasteiger partial charge in [0.25, 0.3) is 0 Å². The Labute approximate surface area is 110 Å². The van der Waals surface area contributed by atoms with Gasteiger partial charge in [-0.15, -0.1) is 12.4 Å². The quantitative estimate of drug-likeness (QED) is 0.889. The first-order valence-corrected chi connectivity index (χ1v) is 6.55. The summed E-state index contributed by atoms with van der Waals surface area (Å²) in [6.45, 7) is 0.460. The molecule has 0 unspecified atom stereocenters. The van der Waals surface area contributed by atoms with Crippen LogP contribution in [0.5, 0.6) is 0 Å². The van der Waals surface area contributed by atoms with Gasteiger partial charge in [-0.3, -0.25) is 0 Å². The number of nitrogens with two attached hydrogens (primary N) is 1. The van der Waals surface area contributed by atoms with E-state index in [0.717, 1.165) is 16.4 Å². The first-order chi connectivity index (χ1) is 7.89. The van der Waals surface area contributed by atoms with Gasteiger partial charge >= 0.3 is 0 Å². The molecular weight excluding hydrogens is 286 g/mol. The van der Waals surface area contributed by atoms with Crippen LogP contribution in [0.1, 0.15) is 6.42 Å². The molecule has 8 heteroatoms. The van der Waals surface area contributed by atoms with Crippen LogP contribution >= 0.6 is 12.4 Å². The molecule has 1 aromatic carbocycles. The fraction of sp³-hybridized carbons (Fsp3) is 0.400. The Hall–Kier alpha value is -0.760. The highest BCUT2D eigenvalue weighted by atomic mass is 35.5. The van der Waals surface area contributed by atoms with Gasteiger partial charge in [0.1, 0.15) is 11.6 Å². The third kappa shape index (κ3) is 2.97. The maximum atomic E-state index is 13.0. The molecule has 0 aromatic heterocycles. The molecule has 4 nitrogen and oxygen atoms in total. The third-order valence-electron chi connectivity index (χ3n) is 2.66. The zero-order valence-electron chi connectivity index (χ0n) is 9.34. The molecule has 0 amide bonds. The van der Waals surface area contributed by atoms with E-state index in [4.69, 9.17) is 5.73 Å². The molecule has 0 spiro atoms. The van der Waals surface area contributed by atoms with E-state index in [0.29, 0.717) is 12.5 Å². The van der Waals surface area contributed by atoms with Gasteiger partial charge in [0.2, 0.25) is 10.0 Å². The molecule has 0 radical (unpaired) electrons. The molecule has 1 atom stereocenters. The second-order valence-corrected chi connectivity index (χ2v) is 5.95. The number of hydrogen-bond acceptors (Lipinski definition) is 3. The molecule has 1 aliphatic heterocycles. The van der Waals surface area contributed by atoms with Crippen LogP contribution in [0.4, 0.5) is 8.78 Å². The monoisotopic (exact) mass is 298 g/mol. The molecule has 0 aliphatic carbocycles. The maximum absolute atomic E-state index is 13.0. The van der Waals surface area contributed by atoms with E-state index in [-0.39, 0.29) is 36.4 Å². The van der Waals surface area contributed by atoms with Gasteiger partial charge in [0, 0.05) is 25.2 Å². The van der Waals surface area contributed by atoms with E-state index in [1.807, 2.05) is 0 Å². The number of benzene rings is 1. The summed E-state index contributed by atoms with van der Waals surface area (Å²) in [5, 5.41) is 0. The van der Waals surface area contributed by atoms with Gasteiger partial charge in [-0.05, 0) is 18.6 Å². The molecule has 18 heavy (non-hydrogen) atoms. The van der Waals surface area contributed by atoms with E-state index < -0.39 is 21.7 Å². The van der Waals surface area contributed by atoms with Crippen molar-refractivity contribution >= 4 is 22.4 Å². The predicted molar refractivity (Wildman–Crippen MR) is 65.0 cm³/mol. The first-order valence-electron chi connectivity index (χ1n) is 5.11. The Bertz CT molecular complexity index is 518. The molecule has 1 aliphatic rings. The van der Waals surface area contributed by atoms with Gasteiger partial charge in [0.15, 0.2) is 0 Å². The van der Waals surface area contributed by atoms with E-state index in [9.17, 15) is 17.2 Å². The number of sulfonamides is 1. The van der Waals surface area contributed by atoms with Crippen molar-refractivity contribution in [3.05, 3.63) is 29.8 Å². The lowest BCUT2D eigenvalue weighted by molar-refractivity contribution is 0.470. The molecule has 102 valence electrons. The van der Waals surface area contributed by atoms with E-state index >= 15 is 0 Å². The topological polar surface area (TPSA) is 63.4 Å². The molecule has 2 rings (SSSR count). The average Bonchev–Trinajstić information content (AvgIpc) is 2.64. The Morgan fingerprint density at radius 3 is 2.22 bits per heavy atom. The van der Waals surface area contributed by atoms with Crippen molar-refractivity contribution in [2.75, 3.05) is 13.1 Å². The highest BCUT2D eigenvalue weighted by molar-refractivity contribution is 7.89. The summed E-state index contributed by atoms with van der Waals surface area (Å²) in [7, 11) is -3.84. The van der Waals surface area contributed by atoms with Crippen LogP contribution in [0, 0.1) is 11.6 Å². The third-order valence-corrected chi connectivity index (χ3v) is 4.50. The Kier molecular flexibility index (Phi) is 4.66. The van der Waals surface area contributed by atoms with Gasteiger partial charge in [0.05, 0.1) is 4.90 Å². The minimum atomic E-state index is -3.84. The van der Waals surface area contributed by atoms with Crippen LogP contribution in [0.3, 0.4) is 0 Å². The fourth-order valence-electron chi connectivity index (χ4n) is 1.80. The standard InChI is InChI=1S/C10H12F2N2O2S.ClH/c11-7-3-8(12)5-10(4-7)17(15,16)14-2-1-9(13)6-14;/h3-5,9H,1-2,6,13H2;1H/t9-;/m1./s1. The molecule has 2 N–H and O–H groups in total. The summed E-state index contributed by atoms with van der Waals surface area (Å²) in [5.74, 6) is -1.82. The van der Waals surface area contributed by atoms with Crippen molar-refractivity contribution < 1.29 is 17.2 Å². The molecule has 0 bridgehead atoms. The second-order valence-electron chi connectivity index (χ2n) is 4.02. The largest absolute Gasteiger partial charge is 0.326 e. The minimum absolute atomic E-state index is 0. The summed E-state index contributed by atoms with van der Waals surface area (Å²) >= 11 is 0. The van der Waals surface area contributed by atoms with Crippen LogP contribution in [-0.2, 0) is 10.0 Å². The predicted octanol–water partition coefficient (Wildman–Crippen LogP) is 1.11. The zero-order chi connectivity index (χ0) is 12.6. The lowest BCUT2D eigenvalue weighted by Crippen LogP contribution is -2.32. The zero-order valence-corrected chi connectivity index (χ0v) is 11.0. The molecule has 1 heterocycles. The molecule has 1 fully saturated rings. The van der Waals surface area contributed by atoms with Crippen LogP contribution < -0.4 is 5.73 Å². The highest BCUT2D eigenvalue weighted by Crippen LogP contribution is 2.21. The number of nitrogens with zero attached hydrogens (tertiary/aromatic N) is 1. The van der Waals surface area contributed by atoms with E-state index in [1.165, 1.54) is 0 Å². The SMILES string of the molecule is Cl.N[C@@H]1CCN(S(=O)(=O)c2cc(F)cc(F)c2)C1. The fourth-order valence-corrected chi connectivity index (χ4v) is 3.35. The van der Waals surface area contributed by atoms with E-state index in [2.05, 4.69) is 0 Å². The average molecular weight is 299 g/mol. The number of halogens is 3. The number of hydrogen-bond donors (Lipinski definition) is 1. The van der Waals surface area contributed by atoms with Crippen LogP contribution in [-0.4, -0.2) is 31.9 Å². The van der Waals surface area contributed by atoms with Crippen LogP contribution in [0.15, 0.2) is 23.1 Å². The highest BCUT2D eigenvalue weighted by Gasteiger charge is 2.31. The minimum Gasteiger partial charge on any atom is -0.326 e. The van der Waals surface area contributed by atoms with Crippen molar-refractivity contribution in [2.24, 2.45) is 5.73 Å². The van der Waals surface area contributed by atoms with Crippen molar-refractivity contribution in [1.29, 1.82) is 0 Å². The maximum Gasteiger partial charge on any atom is 0.243 e. The summed E-state index contributed by atoms with van der Waals surface area (Å²) < 4.78 is 51.1. The Morgan fingerprint density at radius 2 is 1.78 bits per heavy atom. The lowest BCUT2D eigenvalue weighted by atomic mass is 10.3. The molecule has 0 saturated carbocycles. The van der Waals surface area contributed by atoms with Crippen molar-refractivity contribution in [2.45, 2.75) is 17.4 Å². The summed E-state index contributed by atoms with van der Waals surface area (Å²) in [4.78, 5) is -0.371. The molecule has 1 saturated heterocycles. The smallest absolute Gasteiger partial charge is 0.243 e. The van der Waals surface area contributed by atoms with Crippen LogP contribution in [0.25, 0.3) is 0 Å². The normalized spacial score (nSPS) is 20.7. The van der Waals surface area contributed by atoms with Gasteiger partial charge in [-0.1, -0.05) is 0 Å². The summed E-state index contributed by atoms with van der Waals surface area (Å²) in [5.41, 5.74) is 5.61. The van der Waals surface area contributed by atoms with Crippen molar-refractivity contribution in [3.8, 4) is 0 Å². The Morgan fingerprint density at radius 1 is 1.22 bits per heavy atom. The number of rotatable bonds is 2. The van der Waals surface area contributed by atoms with E-state index in [1.54, 1.807) is 0 Å². The van der Waals surface area contributed by atoms with Crippen molar-refractivity contribution in [1.82, 2.24) is 4.31 Å². The van der Waals surface area contributed by atoms with Gasteiger partial charge < -0.3 is 5.73 Å². The lowest BCUT2D eigenvalue weighted by Gasteiger charge is -2.15. The van der Waals surface area contributed by atoms with Crippen LogP contribution in [0.2, 0.25) is 0 Å². The Balaban J connectivity index is 0.00000162. The second kappa shape index (κ2) is 5.48.